The number of piperidine rings is 1. The Kier molecular flexibility index (Phi) is 3.93. The minimum absolute atomic E-state index is 0.160. The predicted molar refractivity (Wildman–Crippen MR) is 60.6 cm³/mol. The monoisotopic (exact) mass is 197 g/mol. The lowest BCUT2D eigenvalue weighted by atomic mass is 9.90. The highest BCUT2D eigenvalue weighted by atomic mass is 15.2. The molecule has 0 saturated carbocycles. The van der Waals surface area contributed by atoms with Crippen molar-refractivity contribution in [2.75, 3.05) is 6.54 Å². The highest BCUT2D eigenvalue weighted by Crippen LogP contribution is 2.25. The Morgan fingerprint density at radius 1 is 1.57 bits per heavy atom. The van der Waals surface area contributed by atoms with Gasteiger partial charge in [-0.3, -0.25) is 10.3 Å². The first-order valence-electron chi connectivity index (χ1n) is 5.67. The van der Waals surface area contributed by atoms with Gasteiger partial charge in [-0.25, -0.2) is 0 Å². The molecule has 3 atom stereocenters. The SMILES string of the molecule is CCC(C(=N)N)N1CCCC(C)C1C. The van der Waals surface area contributed by atoms with Crippen LogP contribution in [-0.4, -0.2) is 29.4 Å². The lowest BCUT2D eigenvalue weighted by Gasteiger charge is -2.42. The summed E-state index contributed by atoms with van der Waals surface area (Å²) in [6, 6.07) is 0.727. The molecule has 3 heteroatoms. The van der Waals surface area contributed by atoms with Gasteiger partial charge >= 0.3 is 0 Å². The third-order valence-corrected chi connectivity index (χ3v) is 3.57. The van der Waals surface area contributed by atoms with E-state index in [1.54, 1.807) is 0 Å². The first-order chi connectivity index (χ1) is 6.57. The fourth-order valence-corrected chi connectivity index (χ4v) is 2.44. The molecule has 0 amide bonds. The van der Waals surface area contributed by atoms with E-state index in [0.29, 0.717) is 11.9 Å². The van der Waals surface area contributed by atoms with Crippen LogP contribution >= 0.6 is 0 Å². The fraction of sp³-hybridized carbons (Fsp3) is 0.909. The van der Waals surface area contributed by atoms with E-state index in [0.717, 1.165) is 18.9 Å². The lowest BCUT2D eigenvalue weighted by Crippen LogP contribution is -2.52. The molecule has 1 heterocycles. The number of nitrogens with one attached hydrogen (secondary N) is 1. The molecule has 1 fully saturated rings. The zero-order chi connectivity index (χ0) is 10.7. The molecule has 0 radical (unpaired) electrons. The Hall–Kier alpha value is -0.570. The molecule has 3 nitrogen and oxygen atoms in total. The standard InChI is InChI=1S/C11H23N3/c1-4-10(11(12)13)14-7-5-6-8(2)9(14)3/h8-10H,4-7H2,1-3H3,(H3,12,13). The number of nitrogens with zero attached hydrogens (tertiary/aromatic N) is 1. The van der Waals surface area contributed by atoms with E-state index in [2.05, 4.69) is 25.7 Å². The average Bonchev–Trinajstić information content (AvgIpc) is 2.13. The van der Waals surface area contributed by atoms with Crippen LogP contribution in [0.4, 0.5) is 0 Å². The van der Waals surface area contributed by atoms with Gasteiger partial charge < -0.3 is 5.73 Å². The topological polar surface area (TPSA) is 53.1 Å². The Morgan fingerprint density at radius 2 is 2.21 bits per heavy atom. The van der Waals surface area contributed by atoms with Crippen molar-refractivity contribution in [3.05, 3.63) is 0 Å². The van der Waals surface area contributed by atoms with Crippen molar-refractivity contribution in [3.63, 3.8) is 0 Å². The Bertz CT molecular complexity index is 203. The third kappa shape index (κ3) is 2.27. The maximum absolute atomic E-state index is 7.58. The molecule has 3 N–H and O–H groups in total. The smallest absolute Gasteiger partial charge is 0.108 e. The second-order valence-electron chi connectivity index (χ2n) is 4.48. The largest absolute Gasteiger partial charge is 0.386 e. The molecule has 0 aromatic rings. The summed E-state index contributed by atoms with van der Waals surface area (Å²) in [6.45, 7) is 7.76. The number of amidine groups is 1. The molecule has 82 valence electrons. The average molecular weight is 197 g/mol. The van der Waals surface area contributed by atoms with Crippen LogP contribution in [0.3, 0.4) is 0 Å². The van der Waals surface area contributed by atoms with Crippen molar-refractivity contribution in [1.82, 2.24) is 4.90 Å². The fourth-order valence-electron chi connectivity index (χ4n) is 2.44. The molecule has 1 rings (SSSR count). The van der Waals surface area contributed by atoms with Crippen molar-refractivity contribution in [1.29, 1.82) is 5.41 Å². The summed E-state index contributed by atoms with van der Waals surface area (Å²) in [5.41, 5.74) is 5.63. The molecule has 0 aromatic heterocycles. The van der Waals surface area contributed by atoms with Crippen LogP contribution in [0.25, 0.3) is 0 Å². The van der Waals surface area contributed by atoms with Crippen LogP contribution in [0.2, 0.25) is 0 Å². The van der Waals surface area contributed by atoms with Crippen LogP contribution < -0.4 is 5.73 Å². The highest BCUT2D eigenvalue weighted by Gasteiger charge is 2.30. The van der Waals surface area contributed by atoms with Gasteiger partial charge in [-0.15, -0.1) is 0 Å². The third-order valence-electron chi connectivity index (χ3n) is 3.57. The van der Waals surface area contributed by atoms with E-state index < -0.39 is 0 Å². The Labute approximate surface area is 87.2 Å². The molecule has 1 saturated heterocycles. The molecule has 0 bridgehead atoms. The van der Waals surface area contributed by atoms with E-state index in [1.165, 1.54) is 12.8 Å². The summed E-state index contributed by atoms with van der Waals surface area (Å²) in [6.07, 6.45) is 3.51. The first-order valence-corrected chi connectivity index (χ1v) is 5.67. The van der Waals surface area contributed by atoms with Gasteiger partial charge in [-0.2, -0.15) is 0 Å². The molecule has 0 aromatic carbocycles. The van der Waals surface area contributed by atoms with Gasteiger partial charge in [0.15, 0.2) is 0 Å². The second kappa shape index (κ2) is 4.78. The quantitative estimate of drug-likeness (QED) is 0.535. The summed E-state index contributed by atoms with van der Waals surface area (Å²) in [5, 5.41) is 7.58. The van der Waals surface area contributed by atoms with Crippen LogP contribution in [-0.2, 0) is 0 Å². The van der Waals surface area contributed by atoms with Gasteiger partial charge in [-0.05, 0) is 38.6 Å². The zero-order valence-electron chi connectivity index (χ0n) is 9.59. The highest BCUT2D eigenvalue weighted by molar-refractivity contribution is 5.82. The summed E-state index contributed by atoms with van der Waals surface area (Å²) < 4.78 is 0. The summed E-state index contributed by atoms with van der Waals surface area (Å²) >= 11 is 0. The maximum Gasteiger partial charge on any atom is 0.108 e. The van der Waals surface area contributed by atoms with Crippen LogP contribution in [0, 0.1) is 11.3 Å². The van der Waals surface area contributed by atoms with E-state index >= 15 is 0 Å². The molecule has 1 aliphatic rings. The van der Waals surface area contributed by atoms with Gasteiger partial charge in [0, 0.05) is 6.04 Å². The molecule has 0 spiro atoms. The van der Waals surface area contributed by atoms with Crippen LogP contribution in [0.1, 0.15) is 40.0 Å². The first kappa shape index (κ1) is 11.5. The number of hydrogen-bond acceptors (Lipinski definition) is 2. The van der Waals surface area contributed by atoms with Crippen molar-refractivity contribution >= 4 is 5.84 Å². The minimum Gasteiger partial charge on any atom is -0.386 e. The Balaban J connectivity index is 2.68. The van der Waals surface area contributed by atoms with Gasteiger partial charge in [0.2, 0.25) is 0 Å². The molecule has 3 unspecified atom stereocenters. The van der Waals surface area contributed by atoms with Gasteiger partial charge in [0.1, 0.15) is 5.84 Å². The van der Waals surface area contributed by atoms with Crippen molar-refractivity contribution < 1.29 is 0 Å². The van der Waals surface area contributed by atoms with Gasteiger partial charge in [0.25, 0.3) is 0 Å². The number of rotatable bonds is 3. The molecular weight excluding hydrogens is 174 g/mol. The predicted octanol–water partition coefficient (Wildman–Crippen LogP) is 1.82. The van der Waals surface area contributed by atoms with E-state index in [-0.39, 0.29) is 6.04 Å². The van der Waals surface area contributed by atoms with Crippen molar-refractivity contribution in [2.45, 2.75) is 52.1 Å². The second-order valence-corrected chi connectivity index (χ2v) is 4.48. The summed E-state index contributed by atoms with van der Waals surface area (Å²) in [7, 11) is 0. The Morgan fingerprint density at radius 3 is 2.71 bits per heavy atom. The van der Waals surface area contributed by atoms with E-state index in [4.69, 9.17) is 11.1 Å². The lowest BCUT2D eigenvalue weighted by molar-refractivity contribution is 0.0918. The summed E-state index contributed by atoms with van der Waals surface area (Å²) in [5.74, 6) is 1.06. The summed E-state index contributed by atoms with van der Waals surface area (Å²) in [4.78, 5) is 2.40. The van der Waals surface area contributed by atoms with Crippen LogP contribution in [0.15, 0.2) is 0 Å². The van der Waals surface area contributed by atoms with Gasteiger partial charge in [-0.1, -0.05) is 13.8 Å². The van der Waals surface area contributed by atoms with E-state index in [9.17, 15) is 0 Å². The number of likely N-dealkylation sites (tertiary alicyclic amines) is 1. The maximum atomic E-state index is 7.58. The molecular formula is C11H23N3. The zero-order valence-corrected chi connectivity index (χ0v) is 9.59. The number of hydrogen-bond donors (Lipinski definition) is 2. The van der Waals surface area contributed by atoms with Crippen molar-refractivity contribution in [3.8, 4) is 0 Å². The molecule has 14 heavy (non-hydrogen) atoms. The van der Waals surface area contributed by atoms with Crippen molar-refractivity contribution in [2.24, 2.45) is 11.7 Å². The van der Waals surface area contributed by atoms with Gasteiger partial charge in [0.05, 0.1) is 6.04 Å². The molecule has 0 aliphatic carbocycles. The minimum atomic E-state index is 0.160. The number of nitrogens with two attached hydrogens (primary N) is 1. The van der Waals surface area contributed by atoms with E-state index in [1.807, 2.05) is 0 Å². The van der Waals surface area contributed by atoms with Crippen LogP contribution in [0.5, 0.6) is 0 Å². The normalized spacial score (nSPS) is 31.4. The molecule has 1 aliphatic heterocycles.